The van der Waals surface area contributed by atoms with Crippen LogP contribution in [0.15, 0.2) is 109 Å². The average Bonchev–Trinajstić information content (AvgIpc) is 3.09. The number of amides is 4. The molecule has 0 unspecified atom stereocenters. The Morgan fingerprint density at radius 1 is 0.479 bits per heavy atom. The highest BCUT2D eigenvalue weighted by atomic mass is 16.2. The third kappa shape index (κ3) is 11.8. The maximum absolute atomic E-state index is 12.9. The predicted molar refractivity (Wildman–Crippen MR) is 192 cm³/mol. The number of hydrogen-bond donors (Lipinski definition) is 2. The van der Waals surface area contributed by atoms with Gasteiger partial charge in [0, 0.05) is 62.5 Å². The van der Waals surface area contributed by atoms with E-state index in [4.69, 9.17) is 0 Å². The first-order valence-corrected chi connectivity index (χ1v) is 16.7. The van der Waals surface area contributed by atoms with Crippen LogP contribution in [0.25, 0.3) is 0 Å². The van der Waals surface area contributed by atoms with Gasteiger partial charge in [0.25, 0.3) is 11.8 Å². The summed E-state index contributed by atoms with van der Waals surface area (Å²) >= 11 is 0. The van der Waals surface area contributed by atoms with Crippen molar-refractivity contribution in [1.82, 2.24) is 9.80 Å². The lowest BCUT2D eigenvalue weighted by atomic mass is 10.1. The molecule has 0 aliphatic rings. The Morgan fingerprint density at radius 3 is 1.25 bits per heavy atom. The summed E-state index contributed by atoms with van der Waals surface area (Å²) in [5.41, 5.74) is 4.41. The van der Waals surface area contributed by atoms with Crippen LogP contribution >= 0.6 is 0 Å². The zero-order valence-corrected chi connectivity index (χ0v) is 28.0. The molecule has 0 atom stereocenters. The molecule has 0 spiro atoms. The second-order valence-electron chi connectivity index (χ2n) is 12.2. The molecule has 4 rings (SSSR count). The van der Waals surface area contributed by atoms with Crippen LogP contribution in [0.5, 0.6) is 0 Å². The van der Waals surface area contributed by atoms with Gasteiger partial charge in [-0.1, -0.05) is 98.5 Å². The van der Waals surface area contributed by atoms with Crippen molar-refractivity contribution < 1.29 is 19.2 Å². The third-order valence-corrected chi connectivity index (χ3v) is 8.06. The smallest absolute Gasteiger partial charge is 0.253 e. The van der Waals surface area contributed by atoms with Crippen molar-refractivity contribution in [2.45, 2.75) is 64.5 Å². The average molecular weight is 647 g/mol. The largest absolute Gasteiger partial charge is 0.337 e. The molecule has 4 aromatic carbocycles. The highest BCUT2D eigenvalue weighted by Crippen LogP contribution is 2.17. The van der Waals surface area contributed by atoms with Crippen molar-refractivity contribution in [3.63, 3.8) is 0 Å². The Kier molecular flexibility index (Phi) is 13.9. The number of nitrogens with zero attached hydrogens (tertiary/aromatic N) is 2. The van der Waals surface area contributed by atoms with E-state index in [0.29, 0.717) is 48.4 Å². The molecule has 0 aliphatic heterocycles. The van der Waals surface area contributed by atoms with Gasteiger partial charge in [0.2, 0.25) is 11.8 Å². The standard InChI is InChI=1S/C40H46N4O4/c1-43(29-31-17-9-7-10-18-31)39(47)33-21-15-23-35(27-33)41-37(45)25-13-5-3-4-6-14-26-38(46)42-36-24-16-22-34(28-36)40(48)44(2)30-32-19-11-8-12-20-32/h7-12,15-24,27-28H,3-6,13-14,25-26,29-30H2,1-2H3,(H,41,45)(H,42,46). The van der Waals surface area contributed by atoms with Crippen LogP contribution in [0.4, 0.5) is 11.4 Å². The summed E-state index contributed by atoms with van der Waals surface area (Å²) in [6.07, 6.45) is 6.24. The molecule has 250 valence electrons. The molecule has 4 amide bonds. The van der Waals surface area contributed by atoms with E-state index in [1.54, 1.807) is 72.4 Å². The molecule has 8 heteroatoms. The second-order valence-corrected chi connectivity index (χ2v) is 12.2. The monoisotopic (exact) mass is 646 g/mol. The maximum Gasteiger partial charge on any atom is 0.253 e. The Morgan fingerprint density at radius 2 is 0.854 bits per heavy atom. The number of carbonyl (C=O) groups excluding carboxylic acids is 4. The van der Waals surface area contributed by atoms with Gasteiger partial charge in [0.05, 0.1) is 0 Å². The van der Waals surface area contributed by atoms with Crippen LogP contribution in [-0.2, 0) is 22.7 Å². The molecule has 2 N–H and O–H groups in total. The molecule has 4 aromatic rings. The lowest BCUT2D eigenvalue weighted by molar-refractivity contribution is -0.117. The fourth-order valence-corrected chi connectivity index (χ4v) is 5.48. The summed E-state index contributed by atoms with van der Waals surface area (Å²) in [4.78, 5) is 54.2. The number of hydrogen-bond acceptors (Lipinski definition) is 4. The third-order valence-electron chi connectivity index (χ3n) is 8.06. The first kappa shape index (κ1) is 35.6. The Bertz CT molecular complexity index is 1520. The van der Waals surface area contributed by atoms with Crippen LogP contribution in [0.1, 0.15) is 83.2 Å². The van der Waals surface area contributed by atoms with E-state index in [1.165, 1.54) is 0 Å². The van der Waals surface area contributed by atoms with Gasteiger partial charge in [-0.25, -0.2) is 0 Å². The lowest BCUT2D eigenvalue weighted by Crippen LogP contribution is -2.26. The lowest BCUT2D eigenvalue weighted by Gasteiger charge is -2.18. The van der Waals surface area contributed by atoms with Crippen molar-refractivity contribution in [2.75, 3.05) is 24.7 Å². The normalized spacial score (nSPS) is 10.6. The summed E-state index contributed by atoms with van der Waals surface area (Å²) in [6.45, 7) is 1.02. The van der Waals surface area contributed by atoms with Crippen LogP contribution in [0, 0.1) is 0 Å². The summed E-state index contributed by atoms with van der Waals surface area (Å²) < 4.78 is 0. The zero-order valence-electron chi connectivity index (χ0n) is 28.0. The van der Waals surface area contributed by atoms with Crippen molar-refractivity contribution in [2.24, 2.45) is 0 Å². The summed E-state index contributed by atoms with van der Waals surface area (Å²) in [5.74, 6) is -0.335. The minimum Gasteiger partial charge on any atom is -0.337 e. The van der Waals surface area contributed by atoms with Crippen LogP contribution in [0.2, 0.25) is 0 Å². The first-order valence-electron chi connectivity index (χ1n) is 16.7. The minimum atomic E-state index is -0.101. The second kappa shape index (κ2) is 18.8. The molecule has 0 heterocycles. The fourth-order valence-electron chi connectivity index (χ4n) is 5.48. The number of carbonyl (C=O) groups is 4. The molecule has 0 fully saturated rings. The first-order chi connectivity index (χ1) is 23.3. The Hall–Kier alpha value is -5.24. The molecule has 0 saturated carbocycles. The SMILES string of the molecule is CN(Cc1ccccc1)C(=O)c1cccc(NC(=O)CCCCCCCCC(=O)Nc2cccc(C(=O)N(C)Cc3ccccc3)c2)c1. The van der Waals surface area contributed by atoms with E-state index < -0.39 is 0 Å². The number of benzene rings is 4. The topological polar surface area (TPSA) is 98.8 Å². The number of unbranched alkanes of at least 4 members (excludes halogenated alkanes) is 5. The number of rotatable bonds is 17. The van der Waals surface area contributed by atoms with Gasteiger partial charge in [-0.15, -0.1) is 0 Å². The van der Waals surface area contributed by atoms with E-state index in [2.05, 4.69) is 10.6 Å². The van der Waals surface area contributed by atoms with Crippen LogP contribution in [0.3, 0.4) is 0 Å². The van der Waals surface area contributed by atoms with Gasteiger partial charge in [0.1, 0.15) is 0 Å². The maximum atomic E-state index is 12.9. The molecule has 8 nitrogen and oxygen atoms in total. The van der Waals surface area contributed by atoms with Gasteiger partial charge in [-0.05, 0) is 60.4 Å². The molecule has 0 aromatic heterocycles. The fraction of sp³-hybridized carbons (Fsp3) is 0.300. The molecular weight excluding hydrogens is 600 g/mol. The Labute approximate surface area is 284 Å². The molecule has 0 radical (unpaired) electrons. The molecule has 0 saturated heterocycles. The van der Waals surface area contributed by atoms with Crippen molar-refractivity contribution in [3.05, 3.63) is 131 Å². The van der Waals surface area contributed by atoms with E-state index in [1.807, 2.05) is 60.7 Å². The summed E-state index contributed by atoms with van der Waals surface area (Å²) in [7, 11) is 3.54. The van der Waals surface area contributed by atoms with Crippen molar-refractivity contribution in [1.29, 1.82) is 0 Å². The van der Waals surface area contributed by atoms with Gasteiger partial charge in [-0.3, -0.25) is 19.2 Å². The van der Waals surface area contributed by atoms with Crippen LogP contribution < -0.4 is 10.6 Å². The summed E-state index contributed by atoms with van der Waals surface area (Å²) in [5, 5.41) is 5.84. The van der Waals surface area contributed by atoms with E-state index in [9.17, 15) is 19.2 Å². The number of anilines is 2. The molecule has 48 heavy (non-hydrogen) atoms. The van der Waals surface area contributed by atoms with Gasteiger partial charge >= 0.3 is 0 Å². The number of nitrogens with one attached hydrogen (secondary N) is 2. The van der Waals surface area contributed by atoms with Gasteiger partial charge in [0.15, 0.2) is 0 Å². The quantitative estimate of drug-likeness (QED) is 0.114. The highest BCUT2D eigenvalue weighted by Gasteiger charge is 2.15. The molecule has 0 aliphatic carbocycles. The zero-order chi connectivity index (χ0) is 34.1. The minimum absolute atomic E-state index is 0.0671. The van der Waals surface area contributed by atoms with Gasteiger partial charge in [-0.2, -0.15) is 0 Å². The van der Waals surface area contributed by atoms with Crippen molar-refractivity contribution in [3.8, 4) is 0 Å². The van der Waals surface area contributed by atoms with Crippen molar-refractivity contribution >= 4 is 35.0 Å². The molecular formula is C40H46N4O4. The highest BCUT2D eigenvalue weighted by molar-refractivity contribution is 5.98. The van der Waals surface area contributed by atoms with Gasteiger partial charge < -0.3 is 20.4 Å². The Balaban J connectivity index is 1.07. The predicted octanol–water partition coefficient (Wildman–Crippen LogP) is 7.93. The van der Waals surface area contributed by atoms with E-state index in [0.717, 1.165) is 49.7 Å². The molecule has 0 bridgehead atoms. The van der Waals surface area contributed by atoms with E-state index >= 15 is 0 Å². The summed E-state index contributed by atoms with van der Waals surface area (Å²) in [6, 6.07) is 33.8. The van der Waals surface area contributed by atoms with Crippen LogP contribution in [-0.4, -0.2) is 47.5 Å². The van der Waals surface area contributed by atoms with E-state index in [-0.39, 0.29) is 23.6 Å².